The van der Waals surface area contributed by atoms with Crippen LogP contribution in [0.5, 0.6) is 0 Å². The van der Waals surface area contributed by atoms with Crippen LogP contribution in [0.25, 0.3) is 0 Å². The number of benzene rings is 1. The van der Waals surface area contributed by atoms with Gasteiger partial charge in [0.2, 0.25) is 0 Å². The molecule has 0 unspecified atom stereocenters. The molecule has 1 saturated heterocycles. The SMILES string of the molecule is Nc1cc(N2CCC(Cc3cccc(C(=O)O)c3)CC2)ncn1. The number of hydrogen-bond acceptors (Lipinski definition) is 5. The summed E-state index contributed by atoms with van der Waals surface area (Å²) in [5, 5.41) is 9.07. The van der Waals surface area contributed by atoms with Crippen molar-refractivity contribution in [2.24, 2.45) is 5.92 Å². The Balaban J connectivity index is 1.59. The number of anilines is 2. The van der Waals surface area contributed by atoms with Crippen molar-refractivity contribution in [2.75, 3.05) is 23.7 Å². The molecule has 0 saturated carbocycles. The normalized spacial score (nSPS) is 15.6. The van der Waals surface area contributed by atoms with E-state index < -0.39 is 5.97 Å². The number of nitrogen functional groups attached to an aromatic ring is 1. The molecule has 0 aliphatic carbocycles. The second-order valence-electron chi connectivity index (χ2n) is 5.94. The van der Waals surface area contributed by atoms with Crippen LogP contribution >= 0.6 is 0 Å². The Morgan fingerprint density at radius 2 is 2.04 bits per heavy atom. The van der Waals surface area contributed by atoms with Gasteiger partial charge in [-0.2, -0.15) is 0 Å². The summed E-state index contributed by atoms with van der Waals surface area (Å²) >= 11 is 0. The molecule has 3 rings (SSSR count). The van der Waals surface area contributed by atoms with Crippen molar-refractivity contribution >= 4 is 17.6 Å². The summed E-state index contributed by atoms with van der Waals surface area (Å²) in [4.78, 5) is 21.5. The molecule has 6 heteroatoms. The molecule has 1 fully saturated rings. The fourth-order valence-corrected chi connectivity index (χ4v) is 3.07. The van der Waals surface area contributed by atoms with E-state index in [4.69, 9.17) is 10.8 Å². The fraction of sp³-hybridized carbons (Fsp3) is 0.353. The van der Waals surface area contributed by atoms with Gasteiger partial charge in [0, 0.05) is 19.2 Å². The van der Waals surface area contributed by atoms with Crippen LogP contribution in [0.1, 0.15) is 28.8 Å². The molecular weight excluding hydrogens is 292 g/mol. The molecule has 0 atom stereocenters. The third kappa shape index (κ3) is 3.77. The minimum Gasteiger partial charge on any atom is -0.478 e. The molecule has 23 heavy (non-hydrogen) atoms. The summed E-state index contributed by atoms with van der Waals surface area (Å²) in [6.07, 6.45) is 4.53. The third-order valence-corrected chi connectivity index (χ3v) is 4.31. The number of carboxylic acid groups (broad SMARTS) is 1. The molecule has 1 aliphatic rings. The number of nitrogens with zero attached hydrogens (tertiary/aromatic N) is 3. The smallest absolute Gasteiger partial charge is 0.335 e. The van der Waals surface area contributed by atoms with Crippen LogP contribution in [-0.4, -0.2) is 34.1 Å². The number of rotatable bonds is 4. The zero-order valence-corrected chi connectivity index (χ0v) is 12.9. The van der Waals surface area contributed by atoms with Crippen molar-refractivity contribution in [3.63, 3.8) is 0 Å². The molecule has 120 valence electrons. The largest absolute Gasteiger partial charge is 0.478 e. The molecule has 3 N–H and O–H groups in total. The predicted octanol–water partition coefficient (Wildman–Crippen LogP) is 2.22. The van der Waals surface area contributed by atoms with Gasteiger partial charge in [-0.1, -0.05) is 12.1 Å². The van der Waals surface area contributed by atoms with E-state index in [1.54, 1.807) is 18.2 Å². The number of carbonyl (C=O) groups is 1. The van der Waals surface area contributed by atoms with E-state index in [2.05, 4.69) is 14.9 Å². The zero-order chi connectivity index (χ0) is 16.2. The van der Waals surface area contributed by atoms with Crippen LogP contribution in [0.2, 0.25) is 0 Å². The van der Waals surface area contributed by atoms with E-state index >= 15 is 0 Å². The highest BCUT2D eigenvalue weighted by atomic mass is 16.4. The Bertz CT molecular complexity index is 696. The van der Waals surface area contributed by atoms with Gasteiger partial charge in [-0.15, -0.1) is 0 Å². The molecule has 0 amide bonds. The lowest BCUT2D eigenvalue weighted by Crippen LogP contribution is -2.34. The van der Waals surface area contributed by atoms with E-state index in [1.165, 1.54) is 6.33 Å². The standard InChI is InChI=1S/C17H20N4O2/c18-15-10-16(20-11-19-15)21-6-4-12(5-7-21)8-13-2-1-3-14(9-13)17(22)23/h1-3,9-12H,4-8H2,(H,22,23)(H2,18,19,20). The Hall–Kier alpha value is -2.63. The molecule has 2 aromatic rings. The summed E-state index contributed by atoms with van der Waals surface area (Å²) in [5.74, 6) is 1.06. The van der Waals surface area contributed by atoms with Crippen molar-refractivity contribution < 1.29 is 9.90 Å². The van der Waals surface area contributed by atoms with Crippen LogP contribution in [0, 0.1) is 5.92 Å². The first-order valence-electron chi connectivity index (χ1n) is 7.76. The Labute approximate surface area is 135 Å². The second-order valence-corrected chi connectivity index (χ2v) is 5.94. The van der Waals surface area contributed by atoms with E-state index in [9.17, 15) is 4.79 Å². The van der Waals surface area contributed by atoms with Gasteiger partial charge in [0.1, 0.15) is 18.0 Å². The first kappa shape index (κ1) is 15.3. The highest BCUT2D eigenvalue weighted by Crippen LogP contribution is 2.25. The average molecular weight is 312 g/mol. The Kier molecular flexibility index (Phi) is 4.41. The Morgan fingerprint density at radius 1 is 1.26 bits per heavy atom. The summed E-state index contributed by atoms with van der Waals surface area (Å²) in [7, 11) is 0. The van der Waals surface area contributed by atoms with E-state index in [1.807, 2.05) is 12.1 Å². The van der Waals surface area contributed by atoms with E-state index in [0.717, 1.165) is 43.7 Å². The molecule has 2 heterocycles. The van der Waals surface area contributed by atoms with Gasteiger partial charge in [-0.25, -0.2) is 14.8 Å². The van der Waals surface area contributed by atoms with Crippen molar-refractivity contribution in [2.45, 2.75) is 19.3 Å². The fourth-order valence-electron chi connectivity index (χ4n) is 3.07. The number of hydrogen-bond donors (Lipinski definition) is 2. The molecule has 0 radical (unpaired) electrons. The molecular formula is C17H20N4O2. The number of aromatic nitrogens is 2. The quantitative estimate of drug-likeness (QED) is 0.899. The minimum absolute atomic E-state index is 0.358. The van der Waals surface area contributed by atoms with Gasteiger partial charge in [0.15, 0.2) is 0 Å². The molecule has 6 nitrogen and oxygen atoms in total. The minimum atomic E-state index is -0.872. The highest BCUT2D eigenvalue weighted by Gasteiger charge is 2.21. The first-order chi connectivity index (χ1) is 11.1. The second kappa shape index (κ2) is 6.64. The van der Waals surface area contributed by atoms with Gasteiger partial charge >= 0.3 is 5.97 Å². The number of nitrogens with two attached hydrogens (primary N) is 1. The lowest BCUT2D eigenvalue weighted by atomic mass is 9.89. The molecule has 1 aliphatic heterocycles. The van der Waals surface area contributed by atoms with Crippen LogP contribution in [0.15, 0.2) is 36.7 Å². The number of piperidine rings is 1. The van der Waals surface area contributed by atoms with Gasteiger partial charge in [0.05, 0.1) is 5.56 Å². The van der Waals surface area contributed by atoms with Crippen molar-refractivity contribution in [3.8, 4) is 0 Å². The van der Waals surface area contributed by atoms with Crippen LogP contribution in [0.3, 0.4) is 0 Å². The van der Waals surface area contributed by atoms with Crippen LogP contribution in [-0.2, 0) is 6.42 Å². The third-order valence-electron chi connectivity index (χ3n) is 4.31. The van der Waals surface area contributed by atoms with Gasteiger partial charge < -0.3 is 15.7 Å². The summed E-state index contributed by atoms with van der Waals surface area (Å²) in [5.41, 5.74) is 7.16. The average Bonchev–Trinajstić information content (AvgIpc) is 2.56. The predicted molar refractivity (Wildman–Crippen MR) is 88.5 cm³/mol. The summed E-state index contributed by atoms with van der Waals surface area (Å²) in [6.45, 7) is 1.86. The van der Waals surface area contributed by atoms with E-state index in [0.29, 0.717) is 17.3 Å². The highest BCUT2D eigenvalue weighted by molar-refractivity contribution is 5.87. The van der Waals surface area contributed by atoms with Crippen molar-refractivity contribution in [1.29, 1.82) is 0 Å². The molecule has 0 spiro atoms. The summed E-state index contributed by atoms with van der Waals surface area (Å²) < 4.78 is 0. The lowest BCUT2D eigenvalue weighted by Gasteiger charge is -2.32. The van der Waals surface area contributed by atoms with Crippen LogP contribution < -0.4 is 10.6 Å². The maximum Gasteiger partial charge on any atom is 0.335 e. The lowest BCUT2D eigenvalue weighted by molar-refractivity contribution is 0.0696. The van der Waals surface area contributed by atoms with Crippen LogP contribution in [0.4, 0.5) is 11.6 Å². The van der Waals surface area contributed by atoms with Gasteiger partial charge in [-0.05, 0) is 42.9 Å². The molecule has 0 bridgehead atoms. The molecule has 1 aromatic heterocycles. The maximum absolute atomic E-state index is 11.0. The van der Waals surface area contributed by atoms with Crippen molar-refractivity contribution in [3.05, 3.63) is 47.8 Å². The first-order valence-corrected chi connectivity index (χ1v) is 7.76. The summed E-state index contributed by atoms with van der Waals surface area (Å²) in [6, 6.07) is 9.03. The monoisotopic (exact) mass is 312 g/mol. The van der Waals surface area contributed by atoms with Gasteiger partial charge in [0.25, 0.3) is 0 Å². The maximum atomic E-state index is 11.0. The molecule has 1 aromatic carbocycles. The Morgan fingerprint density at radius 3 is 2.74 bits per heavy atom. The van der Waals surface area contributed by atoms with Gasteiger partial charge in [-0.3, -0.25) is 0 Å². The van der Waals surface area contributed by atoms with Crippen molar-refractivity contribution in [1.82, 2.24) is 9.97 Å². The van der Waals surface area contributed by atoms with E-state index in [-0.39, 0.29) is 0 Å². The number of aromatic carboxylic acids is 1. The number of carboxylic acids is 1. The topological polar surface area (TPSA) is 92.3 Å². The zero-order valence-electron chi connectivity index (χ0n) is 12.9.